The number of pyridine rings is 1. The Morgan fingerprint density at radius 3 is 2.61 bits per heavy atom. The Morgan fingerprint density at radius 1 is 1.11 bits per heavy atom. The van der Waals surface area contributed by atoms with Gasteiger partial charge in [0.05, 0.1) is 9.21 Å². The van der Waals surface area contributed by atoms with Crippen LogP contribution < -0.4 is 10.2 Å². The van der Waals surface area contributed by atoms with Crippen molar-refractivity contribution < 1.29 is 4.79 Å². The van der Waals surface area contributed by atoms with E-state index < -0.39 is 0 Å². The number of aryl methyl sites for hydroxylation is 1. The van der Waals surface area contributed by atoms with Crippen molar-refractivity contribution in [3.05, 3.63) is 57.6 Å². The van der Waals surface area contributed by atoms with E-state index in [1.807, 2.05) is 36.1 Å². The molecule has 0 radical (unpaired) electrons. The van der Waals surface area contributed by atoms with Crippen molar-refractivity contribution in [2.24, 2.45) is 0 Å². The van der Waals surface area contributed by atoms with Crippen molar-refractivity contribution in [2.75, 3.05) is 36.4 Å². The third-order valence-electron chi connectivity index (χ3n) is 4.42. The number of anilines is 3. The molecule has 1 aliphatic heterocycles. The first-order valence-corrected chi connectivity index (χ1v) is 10.1. The average molecular weight is 415 g/mol. The molecular formula is C19H19ClN6OS. The standard InChI is InChI=1S/C19H19ClN6OS/c1-13-22-17(24-16-4-2-3-7-21-16)12-18(23-13)25-8-10-26(11-9-25)19(27)14-5-6-15(20)28-14/h2-7,12H,8-11H2,1H3,(H,21,22,23,24). The van der Waals surface area contributed by atoms with Crippen molar-refractivity contribution in [2.45, 2.75) is 6.92 Å². The second kappa shape index (κ2) is 8.12. The van der Waals surface area contributed by atoms with Gasteiger partial charge in [0, 0.05) is 38.4 Å². The number of carbonyl (C=O) groups is 1. The minimum atomic E-state index is 0.0351. The number of hydrogen-bond donors (Lipinski definition) is 1. The Bertz CT molecular complexity index is 972. The van der Waals surface area contributed by atoms with Crippen LogP contribution in [0.25, 0.3) is 0 Å². The van der Waals surface area contributed by atoms with Gasteiger partial charge in [-0.05, 0) is 31.2 Å². The van der Waals surface area contributed by atoms with E-state index in [1.54, 1.807) is 18.3 Å². The maximum Gasteiger partial charge on any atom is 0.264 e. The highest BCUT2D eigenvalue weighted by atomic mass is 35.5. The molecule has 1 aliphatic rings. The third kappa shape index (κ3) is 4.23. The molecule has 7 nitrogen and oxygen atoms in total. The van der Waals surface area contributed by atoms with Gasteiger partial charge in [-0.2, -0.15) is 0 Å². The maximum absolute atomic E-state index is 12.6. The summed E-state index contributed by atoms with van der Waals surface area (Å²) in [4.78, 5) is 30.6. The molecule has 0 saturated carbocycles. The van der Waals surface area contributed by atoms with E-state index in [0.29, 0.717) is 47.0 Å². The number of nitrogens with zero attached hydrogens (tertiary/aromatic N) is 5. The molecule has 0 spiro atoms. The van der Waals surface area contributed by atoms with Crippen molar-refractivity contribution in [3.63, 3.8) is 0 Å². The molecule has 4 heterocycles. The third-order valence-corrected chi connectivity index (χ3v) is 5.64. The molecule has 144 valence electrons. The second-order valence-electron chi connectivity index (χ2n) is 6.38. The van der Waals surface area contributed by atoms with Gasteiger partial charge in [-0.3, -0.25) is 4.79 Å². The lowest BCUT2D eigenvalue weighted by molar-refractivity contribution is 0.0751. The molecule has 9 heteroatoms. The summed E-state index contributed by atoms with van der Waals surface area (Å²) in [7, 11) is 0. The Morgan fingerprint density at radius 2 is 1.93 bits per heavy atom. The quantitative estimate of drug-likeness (QED) is 0.703. The lowest BCUT2D eigenvalue weighted by atomic mass is 10.3. The van der Waals surface area contributed by atoms with E-state index >= 15 is 0 Å². The molecule has 1 fully saturated rings. The summed E-state index contributed by atoms with van der Waals surface area (Å²) >= 11 is 7.27. The Kier molecular flexibility index (Phi) is 5.40. The van der Waals surface area contributed by atoms with Gasteiger partial charge in [-0.1, -0.05) is 17.7 Å². The molecule has 1 amide bonds. The van der Waals surface area contributed by atoms with Crippen LogP contribution in [-0.4, -0.2) is 51.9 Å². The molecule has 0 aliphatic carbocycles. The van der Waals surface area contributed by atoms with Crippen LogP contribution in [0.3, 0.4) is 0 Å². The molecule has 4 rings (SSSR count). The summed E-state index contributed by atoms with van der Waals surface area (Å²) in [6.07, 6.45) is 1.73. The lowest BCUT2D eigenvalue weighted by Crippen LogP contribution is -2.49. The van der Waals surface area contributed by atoms with Gasteiger partial charge in [0.25, 0.3) is 5.91 Å². The first kappa shape index (κ1) is 18.6. The van der Waals surface area contributed by atoms with Crippen LogP contribution in [0.4, 0.5) is 17.5 Å². The number of aromatic nitrogens is 3. The van der Waals surface area contributed by atoms with E-state index in [0.717, 1.165) is 11.6 Å². The number of nitrogens with one attached hydrogen (secondary N) is 1. The monoisotopic (exact) mass is 414 g/mol. The maximum atomic E-state index is 12.6. The Labute approximate surface area is 172 Å². The van der Waals surface area contributed by atoms with Crippen LogP contribution in [0, 0.1) is 6.92 Å². The van der Waals surface area contributed by atoms with Crippen LogP contribution in [0.5, 0.6) is 0 Å². The van der Waals surface area contributed by atoms with Gasteiger partial charge in [-0.15, -0.1) is 11.3 Å². The Hall–Kier alpha value is -2.71. The highest BCUT2D eigenvalue weighted by molar-refractivity contribution is 7.17. The normalized spacial score (nSPS) is 14.2. The fraction of sp³-hybridized carbons (Fsp3) is 0.263. The van der Waals surface area contributed by atoms with Gasteiger partial charge >= 0.3 is 0 Å². The minimum Gasteiger partial charge on any atom is -0.353 e. The molecule has 1 N–H and O–H groups in total. The smallest absolute Gasteiger partial charge is 0.264 e. The zero-order valence-electron chi connectivity index (χ0n) is 15.3. The fourth-order valence-corrected chi connectivity index (χ4v) is 4.08. The summed E-state index contributed by atoms with van der Waals surface area (Å²) in [5, 5.41) is 3.21. The highest BCUT2D eigenvalue weighted by Crippen LogP contribution is 2.24. The first-order chi connectivity index (χ1) is 13.6. The van der Waals surface area contributed by atoms with Gasteiger partial charge < -0.3 is 15.1 Å². The number of carbonyl (C=O) groups excluding carboxylic acids is 1. The molecule has 0 aromatic carbocycles. The number of amides is 1. The minimum absolute atomic E-state index is 0.0351. The van der Waals surface area contributed by atoms with E-state index in [4.69, 9.17) is 11.6 Å². The van der Waals surface area contributed by atoms with E-state index in [1.165, 1.54) is 11.3 Å². The SMILES string of the molecule is Cc1nc(Nc2ccccn2)cc(N2CCN(C(=O)c3ccc(Cl)s3)CC2)n1. The summed E-state index contributed by atoms with van der Waals surface area (Å²) in [6.45, 7) is 4.57. The predicted molar refractivity (Wildman–Crippen MR) is 112 cm³/mol. The molecule has 3 aromatic rings. The van der Waals surface area contributed by atoms with Crippen LogP contribution >= 0.6 is 22.9 Å². The van der Waals surface area contributed by atoms with Crippen LogP contribution in [0.1, 0.15) is 15.5 Å². The lowest BCUT2D eigenvalue weighted by Gasteiger charge is -2.35. The molecule has 0 atom stereocenters. The average Bonchev–Trinajstić information content (AvgIpc) is 3.14. The van der Waals surface area contributed by atoms with Gasteiger partial charge in [0.15, 0.2) is 0 Å². The van der Waals surface area contributed by atoms with E-state index in [2.05, 4.69) is 25.2 Å². The number of piperazine rings is 1. The summed E-state index contributed by atoms with van der Waals surface area (Å²) in [5.41, 5.74) is 0. The van der Waals surface area contributed by atoms with Crippen molar-refractivity contribution in [1.29, 1.82) is 0 Å². The van der Waals surface area contributed by atoms with Crippen molar-refractivity contribution in [3.8, 4) is 0 Å². The van der Waals surface area contributed by atoms with E-state index in [-0.39, 0.29) is 5.91 Å². The number of thiophene rings is 1. The van der Waals surface area contributed by atoms with Crippen LogP contribution in [0.15, 0.2) is 42.6 Å². The molecule has 1 saturated heterocycles. The zero-order chi connectivity index (χ0) is 19.5. The molecular weight excluding hydrogens is 396 g/mol. The number of hydrogen-bond acceptors (Lipinski definition) is 7. The van der Waals surface area contributed by atoms with Crippen LogP contribution in [-0.2, 0) is 0 Å². The first-order valence-electron chi connectivity index (χ1n) is 8.92. The molecule has 3 aromatic heterocycles. The number of halogens is 1. The second-order valence-corrected chi connectivity index (χ2v) is 8.10. The molecule has 28 heavy (non-hydrogen) atoms. The van der Waals surface area contributed by atoms with E-state index in [9.17, 15) is 4.79 Å². The summed E-state index contributed by atoms with van der Waals surface area (Å²) in [5.74, 6) is 3.00. The van der Waals surface area contributed by atoms with Crippen molar-refractivity contribution >= 4 is 46.3 Å². The van der Waals surface area contributed by atoms with Crippen LogP contribution in [0.2, 0.25) is 4.34 Å². The topological polar surface area (TPSA) is 74.2 Å². The van der Waals surface area contributed by atoms with Gasteiger partial charge in [0.1, 0.15) is 23.3 Å². The summed E-state index contributed by atoms with van der Waals surface area (Å²) < 4.78 is 0.631. The predicted octanol–water partition coefficient (Wildman–Crippen LogP) is 3.60. The molecule has 0 bridgehead atoms. The zero-order valence-corrected chi connectivity index (χ0v) is 16.9. The summed E-state index contributed by atoms with van der Waals surface area (Å²) in [6, 6.07) is 11.1. The van der Waals surface area contributed by atoms with Crippen molar-refractivity contribution in [1.82, 2.24) is 19.9 Å². The largest absolute Gasteiger partial charge is 0.353 e. The Balaban J connectivity index is 1.43. The molecule has 0 unspecified atom stereocenters. The van der Waals surface area contributed by atoms with Gasteiger partial charge in [0.2, 0.25) is 0 Å². The highest BCUT2D eigenvalue weighted by Gasteiger charge is 2.24. The van der Waals surface area contributed by atoms with Gasteiger partial charge in [-0.25, -0.2) is 15.0 Å². The fourth-order valence-electron chi connectivity index (χ4n) is 3.07. The number of rotatable bonds is 4.